The van der Waals surface area contributed by atoms with Crippen molar-refractivity contribution in [3.8, 4) is 0 Å². The molecule has 0 aliphatic carbocycles. The molecule has 0 saturated carbocycles. The van der Waals surface area contributed by atoms with Gasteiger partial charge in [-0.3, -0.25) is 9.35 Å². The van der Waals surface area contributed by atoms with E-state index in [1.807, 2.05) is 0 Å². The molecule has 0 aliphatic rings. The topological polar surface area (TPSA) is 71.4 Å². The Morgan fingerprint density at radius 3 is 1.88 bits per heavy atom. The van der Waals surface area contributed by atoms with Gasteiger partial charge in [0.2, 0.25) is 0 Å². The zero-order valence-electron chi connectivity index (χ0n) is 9.39. The van der Waals surface area contributed by atoms with Crippen LogP contribution in [0.25, 0.3) is 0 Å². The average Bonchev–Trinajstić information content (AvgIpc) is 2.14. The lowest BCUT2D eigenvalue weighted by Crippen LogP contribution is -2.20. The summed E-state index contributed by atoms with van der Waals surface area (Å²) in [5, 5.41) is 0. The number of rotatable bonds is 2. The summed E-state index contributed by atoms with van der Waals surface area (Å²) in [6.07, 6.45) is 0. The average molecular weight is 242 g/mol. The van der Waals surface area contributed by atoms with Crippen molar-refractivity contribution < 1.29 is 17.8 Å². The van der Waals surface area contributed by atoms with Gasteiger partial charge < -0.3 is 0 Å². The fourth-order valence-electron chi connectivity index (χ4n) is 1.21. The molecule has 1 aromatic rings. The highest BCUT2D eigenvalue weighted by Gasteiger charge is 2.23. The van der Waals surface area contributed by atoms with Crippen molar-refractivity contribution in [2.75, 3.05) is 0 Å². The van der Waals surface area contributed by atoms with Crippen molar-refractivity contribution >= 4 is 15.9 Å². The minimum Gasteiger partial charge on any atom is -0.294 e. The molecule has 1 aromatic carbocycles. The van der Waals surface area contributed by atoms with Gasteiger partial charge in [0.1, 0.15) is 0 Å². The fourth-order valence-corrected chi connectivity index (χ4v) is 1.69. The lowest BCUT2D eigenvalue weighted by molar-refractivity contribution is 0.0858. The Bertz CT molecular complexity index is 492. The SMILES string of the molecule is CC(C)(C)C(=O)c1ccc(S(=O)(=O)O)cc1. The second-order valence-electron chi connectivity index (χ2n) is 4.58. The molecular weight excluding hydrogens is 228 g/mol. The Hall–Kier alpha value is -1.20. The Labute approximate surface area is 95.0 Å². The molecule has 1 rings (SSSR count). The molecule has 16 heavy (non-hydrogen) atoms. The maximum Gasteiger partial charge on any atom is 0.294 e. The van der Waals surface area contributed by atoms with Crippen molar-refractivity contribution in [2.24, 2.45) is 5.41 Å². The van der Waals surface area contributed by atoms with Crippen LogP contribution in [0.5, 0.6) is 0 Å². The molecule has 0 saturated heterocycles. The van der Waals surface area contributed by atoms with Gasteiger partial charge in [-0.1, -0.05) is 32.9 Å². The van der Waals surface area contributed by atoms with E-state index >= 15 is 0 Å². The normalized spacial score (nSPS) is 12.5. The zero-order valence-corrected chi connectivity index (χ0v) is 10.2. The fraction of sp³-hybridized carbons (Fsp3) is 0.364. The molecule has 0 unspecified atom stereocenters. The van der Waals surface area contributed by atoms with Gasteiger partial charge in [0.05, 0.1) is 4.90 Å². The summed E-state index contributed by atoms with van der Waals surface area (Å²) in [5.74, 6) is -0.0746. The van der Waals surface area contributed by atoms with Crippen molar-refractivity contribution in [1.29, 1.82) is 0 Å². The molecule has 0 aliphatic heterocycles. The molecule has 1 N–H and O–H groups in total. The van der Waals surface area contributed by atoms with Gasteiger partial charge in [0, 0.05) is 11.0 Å². The number of carbonyl (C=O) groups excluding carboxylic acids is 1. The molecule has 0 bridgehead atoms. The van der Waals surface area contributed by atoms with E-state index in [0.29, 0.717) is 5.56 Å². The molecule has 0 spiro atoms. The molecule has 5 heteroatoms. The zero-order chi connectivity index (χ0) is 12.6. The number of hydrogen-bond acceptors (Lipinski definition) is 3. The molecular formula is C11H14O4S. The maximum absolute atomic E-state index is 11.8. The first-order valence-electron chi connectivity index (χ1n) is 4.75. The van der Waals surface area contributed by atoms with Crippen molar-refractivity contribution in [3.05, 3.63) is 29.8 Å². The van der Waals surface area contributed by atoms with Gasteiger partial charge in [-0.05, 0) is 12.1 Å². The number of Topliss-reactive ketones (excluding diaryl/α,β-unsaturated/α-hetero) is 1. The number of benzene rings is 1. The molecule has 0 fully saturated rings. The smallest absolute Gasteiger partial charge is 0.294 e. The minimum absolute atomic E-state index is 0.0746. The summed E-state index contributed by atoms with van der Waals surface area (Å²) in [7, 11) is -4.19. The van der Waals surface area contributed by atoms with Gasteiger partial charge in [-0.15, -0.1) is 0 Å². The van der Waals surface area contributed by atoms with E-state index in [1.165, 1.54) is 24.3 Å². The summed E-state index contributed by atoms with van der Waals surface area (Å²) in [6.45, 7) is 5.35. The first kappa shape index (κ1) is 12.9. The summed E-state index contributed by atoms with van der Waals surface area (Å²) in [5.41, 5.74) is -0.0838. The van der Waals surface area contributed by atoms with E-state index < -0.39 is 15.5 Å². The lowest BCUT2D eigenvalue weighted by atomic mass is 9.87. The Kier molecular flexibility index (Phi) is 3.21. The molecule has 0 radical (unpaired) electrons. The van der Waals surface area contributed by atoms with Crippen LogP contribution in [-0.2, 0) is 10.1 Å². The first-order valence-corrected chi connectivity index (χ1v) is 6.19. The van der Waals surface area contributed by atoms with E-state index in [1.54, 1.807) is 20.8 Å². The standard InChI is InChI=1S/C11H14O4S/c1-11(2,3)10(12)8-4-6-9(7-5-8)16(13,14)15/h4-7H,1-3H3,(H,13,14,15). The second-order valence-corrected chi connectivity index (χ2v) is 6.00. The van der Waals surface area contributed by atoms with Crippen LogP contribution in [0.3, 0.4) is 0 Å². The Morgan fingerprint density at radius 2 is 1.56 bits per heavy atom. The molecule has 0 amide bonds. The molecule has 4 nitrogen and oxygen atoms in total. The predicted octanol–water partition coefficient (Wildman–Crippen LogP) is 2.16. The quantitative estimate of drug-likeness (QED) is 0.637. The third-order valence-corrected chi connectivity index (χ3v) is 2.96. The van der Waals surface area contributed by atoms with Gasteiger partial charge in [0.15, 0.2) is 5.78 Å². The highest BCUT2D eigenvalue weighted by atomic mass is 32.2. The van der Waals surface area contributed by atoms with Crippen molar-refractivity contribution in [2.45, 2.75) is 25.7 Å². The predicted molar refractivity (Wildman–Crippen MR) is 60.0 cm³/mol. The minimum atomic E-state index is -4.19. The van der Waals surface area contributed by atoms with Crippen LogP contribution in [0.2, 0.25) is 0 Å². The van der Waals surface area contributed by atoms with Crippen molar-refractivity contribution in [3.63, 3.8) is 0 Å². The first-order chi connectivity index (χ1) is 7.12. The number of hydrogen-bond donors (Lipinski definition) is 1. The number of carbonyl (C=O) groups is 1. The summed E-state index contributed by atoms with van der Waals surface area (Å²) in [4.78, 5) is 11.6. The van der Waals surface area contributed by atoms with Gasteiger partial charge in [0.25, 0.3) is 10.1 Å². The van der Waals surface area contributed by atoms with Crippen LogP contribution >= 0.6 is 0 Å². The van der Waals surface area contributed by atoms with Gasteiger partial charge in [-0.25, -0.2) is 0 Å². The summed E-state index contributed by atoms with van der Waals surface area (Å²) in [6, 6.07) is 5.23. The van der Waals surface area contributed by atoms with E-state index in [-0.39, 0.29) is 10.7 Å². The van der Waals surface area contributed by atoms with E-state index in [2.05, 4.69) is 0 Å². The van der Waals surface area contributed by atoms with Crippen LogP contribution in [0.15, 0.2) is 29.2 Å². The molecule has 0 atom stereocenters. The van der Waals surface area contributed by atoms with Crippen LogP contribution in [0.1, 0.15) is 31.1 Å². The van der Waals surface area contributed by atoms with Gasteiger partial charge >= 0.3 is 0 Å². The van der Waals surface area contributed by atoms with E-state index in [4.69, 9.17) is 4.55 Å². The van der Waals surface area contributed by atoms with Crippen LogP contribution in [-0.4, -0.2) is 18.8 Å². The summed E-state index contributed by atoms with van der Waals surface area (Å²) >= 11 is 0. The van der Waals surface area contributed by atoms with Crippen LogP contribution < -0.4 is 0 Å². The molecule has 88 valence electrons. The lowest BCUT2D eigenvalue weighted by Gasteiger charge is -2.16. The third-order valence-electron chi connectivity index (χ3n) is 2.10. The van der Waals surface area contributed by atoms with Crippen LogP contribution in [0, 0.1) is 5.41 Å². The molecule has 0 aromatic heterocycles. The molecule has 0 heterocycles. The highest BCUT2D eigenvalue weighted by Crippen LogP contribution is 2.21. The Morgan fingerprint density at radius 1 is 1.12 bits per heavy atom. The second kappa shape index (κ2) is 3.99. The van der Waals surface area contributed by atoms with E-state index in [9.17, 15) is 13.2 Å². The monoisotopic (exact) mass is 242 g/mol. The Balaban J connectivity index is 3.10. The number of ketones is 1. The maximum atomic E-state index is 11.8. The summed E-state index contributed by atoms with van der Waals surface area (Å²) < 4.78 is 30.3. The van der Waals surface area contributed by atoms with E-state index in [0.717, 1.165) is 0 Å². The van der Waals surface area contributed by atoms with Gasteiger partial charge in [-0.2, -0.15) is 8.42 Å². The largest absolute Gasteiger partial charge is 0.294 e. The van der Waals surface area contributed by atoms with Crippen LogP contribution in [0.4, 0.5) is 0 Å². The third kappa shape index (κ3) is 2.90. The highest BCUT2D eigenvalue weighted by molar-refractivity contribution is 7.85. The van der Waals surface area contributed by atoms with Crippen molar-refractivity contribution in [1.82, 2.24) is 0 Å².